The molecule has 4 nitrogen and oxygen atoms in total. The monoisotopic (exact) mass is 283 g/mol. The molecule has 0 aliphatic carbocycles. The highest BCUT2D eigenvalue weighted by Crippen LogP contribution is 2.13. The lowest BCUT2D eigenvalue weighted by Crippen LogP contribution is -2.10. The van der Waals surface area contributed by atoms with Crippen LogP contribution < -0.4 is 5.32 Å². The number of hydrogen-bond acceptors (Lipinski definition) is 3. The number of carbonyl (C=O) groups excluding carboxylic acids is 1. The van der Waals surface area contributed by atoms with Crippen LogP contribution in [0.2, 0.25) is 0 Å². The summed E-state index contributed by atoms with van der Waals surface area (Å²) in [6.07, 6.45) is 1.21. The molecule has 2 aromatic rings. The van der Waals surface area contributed by atoms with Gasteiger partial charge in [-0.05, 0) is 36.4 Å². The van der Waals surface area contributed by atoms with Crippen LogP contribution in [0, 0.1) is 11.8 Å². The van der Waals surface area contributed by atoms with E-state index in [1.807, 2.05) is 19.1 Å². The number of nitrogens with one attached hydrogen (secondary N) is 1. The van der Waals surface area contributed by atoms with Gasteiger partial charge in [0.2, 0.25) is 0 Å². The summed E-state index contributed by atoms with van der Waals surface area (Å²) < 4.78 is 5.40. The van der Waals surface area contributed by atoms with Crippen LogP contribution in [0.3, 0.4) is 0 Å². The second kappa shape index (κ2) is 7.32. The van der Waals surface area contributed by atoms with Crippen LogP contribution in [0.4, 0.5) is 5.69 Å². The first-order chi connectivity index (χ1) is 10.2. The summed E-state index contributed by atoms with van der Waals surface area (Å²) in [6, 6.07) is 10.7. The first-order valence-electron chi connectivity index (χ1n) is 6.82. The summed E-state index contributed by atoms with van der Waals surface area (Å²) >= 11 is 0. The average Bonchev–Trinajstić information content (AvgIpc) is 2.98. The van der Waals surface area contributed by atoms with Gasteiger partial charge in [-0.2, -0.15) is 0 Å². The van der Waals surface area contributed by atoms with Crippen molar-refractivity contribution in [2.75, 3.05) is 11.9 Å². The molecule has 0 fully saturated rings. The molecule has 1 amide bonds. The van der Waals surface area contributed by atoms with Crippen molar-refractivity contribution >= 4 is 11.6 Å². The van der Waals surface area contributed by atoms with Crippen LogP contribution in [0.5, 0.6) is 0 Å². The van der Waals surface area contributed by atoms with Gasteiger partial charge in [-0.25, -0.2) is 0 Å². The maximum Gasteiger partial charge on any atom is 0.291 e. The molecule has 2 rings (SSSR count). The summed E-state index contributed by atoms with van der Waals surface area (Å²) in [4.78, 5) is 12.0. The molecule has 4 heteroatoms. The smallest absolute Gasteiger partial charge is 0.291 e. The Hall–Kier alpha value is -2.51. The van der Waals surface area contributed by atoms with Crippen LogP contribution in [0.25, 0.3) is 0 Å². The zero-order chi connectivity index (χ0) is 15.1. The number of amides is 1. The SMILES string of the molecule is CCc1ccc(C(=O)Nc2ccc(C#CCCO)cc2)o1. The number of aliphatic hydroxyl groups is 1. The van der Waals surface area contributed by atoms with E-state index in [4.69, 9.17) is 9.52 Å². The minimum Gasteiger partial charge on any atom is -0.456 e. The highest BCUT2D eigenvalue weighted by Gasteiger charge is 2.10. The molecule has 0 aliphatic rings. The summed E-state index contributed by atoms with van der Waals surface area (Å²) in [5.41, 5.74) is 1.52. The molecule has 0 spiro atoms. The van der Waals surface area contributed by atoms with E-state index in [9.17, 15) is 4.79 Å². The van der Waals surface area contributed by atoms with Crippen LogP contribution in [-0.4, -0.2) is 17.6 Å². The fraction of sp³-hybridized carbons (Fsp3) is 0.235. The van der Waals surface area contributed by atoms with Crippen molar-refractivity contribution in [2.45, 2.75) is 19.8 Å². The van der Waals surface area contributed by atoms with E-state index in [0.717, 1.165) is 17.7 Å². The molecule has 0 saturated heterocycles. The van der Waals surface area contributed by atoms with Crippen molar-refractivity contribution in [1.29, 1.82) is 0 Å². The Labute approximate surface area is 123 Å². The largest absolute Gasteiger partial charge is 0.456 e. The zero-order valence-corrected chi connectivity index (χ0v) is 11.8. The molecule has 0 radical (unpaired) electrons. The Morgan fingerprint density at radius 3 is 2.62 bits per heavy atom. The van der Waals surface area contributed by atoms with Crippen molar-refractivity contribution in [3.63, 3.8) is 0 Å². The third-order valence-electron chi connectivity index (χ3n) is 2.85. The van der Waals surface area contributed by atoms with E-state index in [0.29, 0.717) is 17.9 Å². The Balaban J connectivity index is 2.00. The lowest BCUT2D eigenvalue weighted by molar-refractivity contribution is 0.0995. The van der Waals surface area contributed by atoms with Gasteiger partial charge in [-0.15, -0.1) is 0 Å². The Morgan fingerprint density at radius 2 is 2.00 bits per heavy atom. The molecule has 1 aromatic carbocycles. The number of hydrogen-bond donors (Lipinski definition) is 2. The molecule has 21 heavy (non-hydrogen) atoms. The van der Waals surface area contributed by atoms with Gasteiger partial charge in [0.1, 0.15) is 5.76 Å². The van der Waals surface area contributed by atoms with Gasteiger partial charge in [0, 0.05) is 24.1 Å². The summed E-state index contributed by atoms with van der Waals surface area (Å²) in [6.45, 7) is 2.03. The molecule has 0 unspecified atom stereocenters. The number of aryl methyl sites for hydroxylation is 1. The molecular weight excluding hydrogens is 266 g/mol. The summed E-state index contributed by atoms with van der Waals surface area (Å²) in [7, 11) is 0. The summed E-state index contributed by atoms with van der Waals surface area (Å²) in [5, 5.41) is 11.4. The van der Waals surface area contributed by atoms with E-state index < -0.39 is 0 Å². The predicted molar refractivity (Wildman–Crippen MR) is 81.1 cm³/mol. The lowest BCUT2D eigenvalue weighted by Gasteiger charge is -2.03. The zero-order valence-electron chi connectivity index (χ0n) is 11.8. The molecular formula is C17H17NO3. The number of anilines is 1. The Morgan fingerprint density at radius 1 is 1.24 bits per heavy atom. The van der Waals surface area contributed by atoms with Gasteiger partial charge in [-0.3, -0.25) is 4.79 Å². The van der Waals surface area contributed by atoms with Crippen molar-refractivity contribution in [3.05, 3.63) is 53.5 Å². The molecule has 0 aliphatic heterocycles. The van der Waals surface area contributed by atoms with E-state index >= 15 is 0 Å². The molecule has 0 saturated carbocycles. The maximum atomic E-state index is 12.0. The Bertz CT molecular complexity index is 659. The normalized spacial score (nSPS) is 9.81. The third kappa shape index (κ3) is 4.23. The number of carbonyl (C=O) groups is 1. The highest BCUT2D eigenvalue weighted by atomic mass is 16.3. The number of rotatable bonds is 4. The molecule has 108 valence electrons. The molecule has 0 atom stereocenters. The van der Waals surface area contributed by atoms with Gasteiger partial charge in [0.05, 0.1) is 6.61 Å². The second-order valence-corrected chi connectivity index (χ2v) is 4.43. The van der Waals surface area contributed by atoms with Crippen molar-refractivity contribution in [2.24, 2.45) is 0 Å². The molecule has 1 aromatic heterocycles. The molecule has 2 N–H and O–H groups in total. The highest BCUT2D eigenvalue weighted by molar-refractivity contribution is 6.02. The van der Waals surface area contributed by atoms with Crippen molar-refractivity contribution in [3.8, 4) is 11.8 Å². The van der Waals surface area contributed by atoms with Gasteiger partial charge < -0.3 is 14.8 Å². The average molecular weight is 283 g/mol. The first kappa shape index (κ1) is 14.9. The van der Waals surface area contributed by atoms with Crippen LogP contribution >= 0.6 is 0 Å². The number of furan rings is 1. The van der Waals surface area contributed by atoms with Crippen molar-refractivity contribution in [1.82, 2.24) is 0 Å². The van der Waals surface area contributed by atoms with E-state index in [1.165, 1.54) is 0 Å². The second-order valence-electron chi connectivity index (χ2n) is 4.43. The number of benzene rings is 1. The minimum atomic E-state index is -0.270. The maximum absolute atomic E-state index is 12.0. The Kier molecular flexibility index (Phi) is 5.19. The molecule has 1 heterocycles. The first-order valence-corrected chi connectivity index (χ1v) is 6.82. The van der Waals surface area contributed by atoms with Gasteiger partial charge in [0.25, 0.3) is 5.91 Å². The molecule has 0 bridgehead atoms. The standard InChI is InChI=1S/C17H17NO3/c1-2-15-10-11-16(21-15)17(20)18-14-8-6-13(7-9-14)5-3-4-12-19/h6-11,19H,2,4,12H2,1H3,(H,18,20). The van der Waals surface area contributed by atoms with E-state index in [1.54, 1.807) is 24.3 Å². The fourth-order valence-electron chi connectivity index (χ4n) is 1.74. The van der Waals surface area contributed by atoms with Gasteiger partial charge in [0.15, 0.2) is 5.76 Å². The lowest BCUT2D eigenvalue weighted by atomic mass is 10.2. The third-order valence-corrected chi connectivity index (χ3v) is 2.85. The van der Waals surface area contributed by atoms with Gasteiger partial charge in [-0.1, -0.05) is 18.8 Å². The fourth-order valence-corrected chi connectivity index (χ4v) is 1.74. The van der Waals surface area contributed by atoms with Crippen LogP contribution in [-0.2, 0) is 6.42 Å². The number of aliphatic hydroxyl groups excluding tert-OH is 1. The van der Waals surface area contributed by atoms with Crippen LogP contribution in [0.1, 0.15) is 35.2 Å². The van der Waals surface area contributed by atoms with Crippen LogP contribution in [0.15, 0.2) is 40.8 Å². The van der Waals surface area contributed by atoms with Crippen molar-refractivity contribution < 1.29 is 14.3 Å². The minimum absolute atomic E-state index is 0.0596. The van der Waals surface area contributed by atoms with Gasteiger partial charge >= 0.3 is 0 Å². The quantitative estimate of drug-likeness (QED) is 0.848. The van der Waals surface area contributed by atoms with E-state index in [-0.39, 0.29) is 12.5 Å². The predicted octanol–water partition coefficient (Wildman–Crippen LogP) is 2.83. The van der Waals surface area contributed by atoms with E-state index in [2.05, 4.69) is 17.2 Å². The topological polar surface area (TPSA) is 62.5 Å². The summed E-state index contributed by atoms with van der Waals surface area (Å²) in [5.74, 6) is 6.59.